The number of hydrogen-bond donors (Lipinski definition) is 4. The third-order valence-electron chi connectivity index (χ3n) is 7.36. The highest BCUT2D eigenvalue weighted by Crippen LogP contribution is 2.52. The third kappa shape index (κ3) is 6.09. The lowest BCUT2D eigenvalue weighted by molar-refractivity contribution is -0.151. The monoisotopic (exact) mass is 597 g/mol. The normalized spacial score (nSPS) is 23.4. The van der Waals surface area contributed by atoms with E-state index in [0.717, 1.165) is 6.07 Å². The maximum atomic E-state index is 15.7. The number of hydrogen-bond acceptors (Lipinski definition) is 7. The van der Waals surface area contributed by atoms with Crippen molar-refractivity contribution in [3.8, 4) is 6.07 Å². The van der Waals surface area contributed by atoms with Gasteiger partial charge in [0.15, 0.2) is 0 Å². The number of methoxy groups -OCH3 is 1. The highest BCUT2D eigenvalue weighted by molar-refractivity contribution is 6.31. The third-order valence-corrected chi connectivity index (χ3v) is 7.88. The Morgan fingerprint density at radius 2 is 1.98 bits per heavy atom. The largest absolute Gasteiger partial charge is 0.469 e. The molecule has 1 amide bonds. The Balaban J connectivity index is 2.27. The molecule has 3 rings (SSSR count). The van der Waals surface area contributed by atoms with E-state index in [2.05, 4.69) is 16.7 Å². The summed E-state index contributed by atoms with van der Waals surface area (Å²) in [7, 11) is 1.21. The summed E-state index contributed by atoms with van der Waals surface area (Å²) in [5, 5.41) is 35.1. The van der Waals surface area contributed by atoms with E-state index in [9.17, 15) is 20.0 Å². The van der Waals surface area contributed by atoms with Crippen LogP contribution in [-0.4, -0.2) is 60.5 Å². The molecule has 5 atom stereocenters. The number of ether oxygens (including phenoxy) is 1. The lowest BCUT2D eigenvalue weighted by Crippen LogP contribution is -2.47. The Kier molecular flexibility index (Phi) is 10.1. The Labute approximate surface area is 241 Å². The van der Waals surface area contributed by atoms with Gasteiger partial charge >= 0.3 is 5.97 Å². The molecule has 0 radical (unpaired) electrons. The molecule has 1 aliphatic heterocycles. The summed E-state index contributed by atoms with van der Waals surface area (Å²) in [6, 6.07) is 7.68. The van der Waals surface area contributed by atoms with E-state index < -0.39 is 65.1 Å². The number of esters is 1. The first kappa shape index (κ1) is 31.7. The Morgan fingerprint density at radius 1 is 1.27 bits per heavy atom. The summed E-state index contributed by atoms with van der Waals surface area (Å²) in [5.41, 5.74) is -3.39. The van der Waals surface area contributed by atoms with Gasteiger partial charge in [-0.25, -0.2) is 8.78 Å². The fraction of sp³-hybridized carbons (Fsp3) is 0.464. The van der Waals surface area contributed by atoms with Crippen LogP contribution < -0.4 is 10.6 Å². The molecule has 4 unspecified atom stereocenters. The van der Waals surface area contributed by atoms with Crippen molar-refractivity contribution in [1.29, 1.82) is 5.26 Å². The van der Waals surface area contributed by atoms with Crippen molar-refractivity contribution < 1.29 is 33.3 Å². The van der Waals surface area contributed by atoms with Gasteiger partial charge in [0.2, 0.25) is 5.91 Å². The van der Waals surface area contributed by atoms with Crippen molar-refractivity contribution in [2.75, 3.05) is 20.3 Å². The fourth-order valence-electron chi connectivity index (χ4n) is 5.38. The van der Waals surface area contributed by atoms with E-state index in [0.29, 0.717) is 0 Å². The number of aliphatic hydroxyl groups is 2. The molecule has 0 bridgehead atoms. The zero-order valence-electron chi connectivity index (χ0n) is 22.2. The van der Waals surface area contributed by atoms with Crippen LogP contribution in [0.25, 0.3) is 0 Å². The molecule has 4 N–H and O–H groups in total. The van der Waals surface area contributed by atoms with Crippen molar-refractivity contribution in [3.05, 3.63) is 69.2 Å². The molecule has 12 heteroatoms. The molecule has 0 aromatic heterocycles. The van der Waals surface area contributed by atoms with Gasteiger partial charge in [-0.3, -0.25) is 9.59 Å². The molecule has 1 heterocycles. The predicted molar refractivity (Wildman–Crippen MR) is 145 cm³/mol. The number of carbonyl (C=O) groups excluding carboxylic acids is 2. The predicted octanol–water partition coefficient (Wildman–Crippen LogP) is 3.61. The second-order valence-electron chi connectivity index (χ2n) is 10.4. The smallest absolute Gasteiger partial charge is 0.311 e. The van der Waals surface area contributed by atoms with E-state index in [1.165, 1.54) is 37.4 Å². The summed E-state index contributed by atoms with van der Waals surface area (Å²) in [5.74, 6) is -4.33. The first-order valence-corrected chi connectivity index (χ1v) is 13.3. The van der Waals surface area contributed by atoms with Crippen LogP contribution in [0, 0.1) is 28.4 Å². The van der Waals surface area contributed by atoms with Crippen LogP contribution in [0.1, 0.15) is 43.7 Å². The molecular formula is C28H31Cl2F2N3O5. The minimum Gasteiger partial charge on any atom is -0.469 e. The minimum atomic E-state index is -1.93. The van der Waals surface area contributed by atoms with Crippen LogP contribution in [0.5, 0.6) is 0 Å². The van der Waals surface area contributed by atoms with Gasteiger partial charge in [0.25, 0.3) is 0 Å². The molecule has 2 aromatic rings. The molecule has 8 nitrogen and oxygen atoms in total. The van der Waals surface area contributed by atoms with Gasteiger partial charge in [-0.2, -0.15) is 5.26 Å². The average Bonchev–Trinajstić information content (AvgIpc) is 3.23. The Bertz CT molecular complexity index is 1310. The summed E-state index contributed by atoms with van der Waals surface area (Å²) >= 11 is 12.1. The molecule has 216 valence electrons. The second-order valence-corrected chi connectivity index (χ2v) is 11.3. The Morgan fingerprint density at radius 3 is 2.58 bits per heavy atom. The molecule has 0 saturated carbocycles. The number of benzene rings is 2. The molecular weight excluding hydrogens is 567 g/mol. The maximum absolute atomic E-state index is 15.7. The standard InChI is InChI=1S/C28H31Cl2F2N3O5/c1-27(2,26(39)40-3)12-21-28(14-33,18-8-7-15(29)11-20(18)31)22(17-5-4-6-19(30)23(17)32)24(35-21)25(38)34-10-9-16(37)13-36/h4-8,11,16,21-22,24,35-37H,9-10,12-13H2,1-3H3,(H,34,38)/t16-,21?,22?,24?,28?/m0/s1. The summed E-state index contributed by atoms with van der Waals surface area (Å²) < 4.78 is 36.3. The summed E-state index contributed by atoms with van der Waals surface area (Å²) in [6.45, 7) is 2.61. The molecule has 1 saturated heterocycles. The van der Waals surface area contributed by atoms with Gasteiger partial charge in [0.1, 0.15) is 17.0 Å². The van der Waals surface area contributed by atoms with Crippen molar-refractivity contribution >= 4 is 35.1 Å². The number of halogens is 4. The van der Waals surface area contributed by atoms with Crippen LogP contribution in [0.3, 0.4) is 0 Å². The van der Waals surface area contributed by atoms with Gasteiger partial charge in [-0.05, 0) is 50.5 Å². The number of carbonyl (C=O) groups is 2. The fourth-order valence-corrected chi connectivity index (χ4v) is 5.72. The number of nitriles is 1. The van der Waals surface area contributed by atoms with Gasteiger partial charge in [-0.1, -0.05) is 41.4 Å². The van der Waals surface area contributed by atoms with Gasteiger partial charge in [-0.15, -0.1) is 0 Å². The van der Waals surface area contributed by atoms with Gasteiger partial charge < -0.3 is 25.6 Å². The summed E-state index contributed by atoms with van der Waals surface area (Å²) in [6.07, 6.45) is -1.15. The van der Waals surface area contributed by atoms with Crippen molar-refractivity contribution in [2.24, 2.45) is 5.41 Å². The van der Waals surface area contributed by atoms with Crippen LogP contribution in [0.15, 0.2) is 36.4 Å². The zero-order valence-corrected chi connectivity index (χ0v) is 23.7. The van der Waals surface area contributed by atoms with E-state index in [-0.39, 0.29) is 40.6 Å². The lowest BCUT2D eigenvalue weighted by Gasteiger charge is -2.37. The summed E-state index contributed by atoms with van der Waals surface area (Å²) in [4.78, 5) is 26.2. The van der Waals surface area contributed by atoms with Crippen molar-refractivity contribution in [3.63, 3.8) is 0 Å². The number of aliphatic hydroxyl groups excluding tert-OH is 2. The lowest BCUT2D eigenvalue weighted by atomic mass is 9.62. The number of amides is 1. The average molecular weight is 598 g/mol. The minimum absolute atomic E-state index is 0.0269. The first-order valence-electron chi connectivity index (χ1n) is 12.6. The van der Waals surface area contributed by atoms with E-state index >= 15 is 8.78 Å². The number of rotatable bonds is 10. The van der Waals surface area contributed by atoms with Crippen LogP contribution in [0.2, 0.25) is 10.0 Å². The Hall–Kier alpha value is -2.81. The first-order chi connectivity index (χ1) is 18.8. The molecule has 40 heavy (non-hydrogen) atoms. The zero-order chi connectivity index (χ0) is 29.8. The highest BCUT2D eigenvalue weighted by atomic mass is 35.5. The molecule has 2 aromatic carbocycles. The molecule has 1 fully saturated rings. The van der Waals surface area contributed by atoms with Gasteiger partial charge in [0.05, 0.1) is 42.4 Å². The van der Waals surface area contributed by atoms with E-state index in [1.807, 2.05) is 0 Å². The quantitative estimate of drug-likeness (QED) is 0.308. The number of nitrogens with zero attached hydrogens (tertiary/aromatic N) is 1. The van der Waals surface area contributed by atoms with E-state index in [4.69, 9.17) is 33.0 Å². The van der Waals surface area contributed by atoms with Crippen LogP contribution in [0.4, 0.5) is 8.78 Å². The van der Waals surface area contributed by atoms with Crippen LogP contribution >= 0.6 is 23.2 Å². The van der Waals surface area contributed by atoms with Crippen LogP contribution in [-0.2, 0) is 19.7 Å². The van der Waals surface area contributed by atoms with Crippen molar-refractivity contribution in [2.45, 2.75) is 56.2 Å². The maximum Gasteiger partial charge on any atom is 0.311 e. The van der Waals surface area contributed by atoms with Crippen molar-refractivity contribution in [1.82, 2.24) is 10.6 Å². The van der Waals surface area contributed by atoms with Gasteiger partial charge in [0, 0.05) is 29.1 Å². The molecule has 1 aliphatic rings. The highest BCUT2D eigenvalue weighted by Gasteiger charge is 2.61. The molecule has 0 spiro atoms. The van der Waals surface area contributed by atoms with E-state index in [1.54, 1.807) is 13.8 Å². The second kappa shape index (κ2) is 12.8. The SMILES string of the molecule is COC(=O)C(C)(C)CC1NC(C(=O)NCC[C@H](O)CO)C(c2cccc(Cl)c2F)C1(C#N)c1ccc(Cl)cc1F. The topological polar surface area (TPSA) is 132 Å². The molecule has 0 aliphatic carbocycles. The number of nitrogens with one attached hydrogen (secondary N) is 2.